The molecule has 55 heavy (non-hydrogen) atoms. The quantitative estimate of drug-likeness (QED) is 0.130. The average molecular weight is 805 g/mol. The topological polar surface area (TPSA) is 108 Å². The second-order valence-electron chi connectivity index (χ2n) is 12.3. The predicted octanol–water partition coefficient (Wildman–Crippen LogP) is 8.83. The summed E-state index contributed by atoms with van der Waals surface area (Å²) in [4.78, 5) is 40.4. The van der Waals surface area contributed by atoms with Crippen LogP contribution in [0.5, 0.6) is 11.5 Å². The number of hydrogen-bond acceptors (Lipinski definition) is 7. The molecule has 308 valence electrons. The highest BCUT2D eigenvalue weighted by atomic mass is 32.2. The van der Waals surface area contributed by atoms with E-state index >= 15 is 0 Å². The van der Waals surface area contributed by atoms with Crippen molar-refractivity contribution in [3.05, 3.63) is 59.2 Å². The normalized spacial score (nSPS) is 14.1. The summed E-state index contributed by atoms with van der Waals surface area (Å²) in [6, 6.07) is 10.7. The van der Waals surface area contributed by atoms with Gasteiger partial charge >= 0.3 is 18.6 Å². The highest BCUT2D eigenvalue weighted by molar-refractivity contribution is 8.14. The number of aryl methyl sites for hydroxylation is 3. The Labute approximate surface area is 324 Å². The third-order valence-corrected chi connectivity index (χ3v) is 8.48. The number of aliphatic imine (C=N–C) groups is 3. The summed E-state index contributed by atoms with van der Waals surface area (Å²) in [5.41, 5.74) is 2.82. The van der Waals surface area contributed by atoms with Crippen LogP contribution in [0.1, 0.15) is 63.1 Å². The Morgan fingerprint density at radius 3 is 2.13 bits per heavy atom. The van der Waals surface area contributed by atoms with Crippen LogP contribution in [-0.2, 0) is 4.79 Å². The van der Waals surface area contributed by atoms with Crippen LogP contribution in [0.3, 0.4) is 0 Å². The Hall–Kier alpha value is -4.12. The molecule has 0 atom stereocenters. The molecule has 1 aliphatic rings. The van der Waals surface area contributed by atoms with E-state index in [-0.39, 0.29) is 24.2 Å². The minimum absolute atomic E-state index is 0.159. The van der Waals surface area contributed by atoms with Crippen LogP contribution in [0.15, 0.2) is 57.4 Å². The van der Waals surface area contributed by atoms with Gasteiger partial charge in [-0.05, 0) is 57.9 Å². The molecule has 2 amide bonds. The SMILES string of the molecule is CCC/C=N\C(=NC)N1CCN(CCNC(=O)/N=C(/C)SCC(=O)CC)CC1.Cc1ccc(OC(F)(F)F)cc1.Cc1ccc(OCCC(F)(F)F)c(C)c1. The fraction of sp³-hybridized carbons (Fsp3) is 0.553. The number of amides is 2. The number of carbonyl (C=O) groups is 2. The van der Waals surface area contributed by atoms with Crippen molar-refractivity contribution in [2.24, 2.45) is 15.0 Å². The van der Waals surface area contributed by atoms with Gasteiger partial charge in [-0.1, -0.05) is 55.7 Å². The van der Waals surface area contributed by atoms with E-state index in [1.165, 1.54) is 23.9 Å². The largest absolute Gasteiger partial charge is 0.573 e. The third kappa shape index (κ3) is 24.1. The summed E-state index contributed by atoms with van der Waals surface area (Å²) >= 11 is 1.31. The van der Waals surface area contributed by atoms with Gasteiger partial charge in [0, 0.05) is 59.0 Å². The zero-order chi connectivity index (χ0) is 41.4. The molecule has 3 rings (SSSR count). The van der Waals surface area contributed by atoms with Gasteiger partial charge in [-0.2, -0.15) is 18.2 Å². The van der Waals surface area contributed by atoms with Crippen LogP contribution in [0.4, 0.5) is 31.1 Å². The fourth-order valence-corrected chi connectivity index (χ4v) is 5.25. The van der Waals surface area contributed by atoms with Gasteiger partial charge < -0.3 is 19.7 Å². The maximum atomic E-state index is 11.9. The number of alkyl halides is 6. The number of halogens is 6. The molecule has 0 radical (unpaired) electrons. The lowest BCUT2D eigenvalue weighted by Gasteiger charge is -2.35. The molecule has 0 bridgehead atoms. The molecular weight excluding hydrogens is 751 g/mol. The summed E-state index contributed by atoms with van der Waals surface area (Å²) in [6.07, 6.45) is -5.18. The van der Waals surface area contributed by atoms with Crippen molar-refractivity contribution in [3.63, 3.8) is 0 Å². The molecule has 0 saturated carbocycles. The van der Waals surface area contributed by atoms with E-state index in [9.17, 15) is 35.9 Å². The van der Waals surface area contributed by atoms with Gasteiger partial charge in [0.15, 0.2) is 0 Å². The van der Waals surface area contributed by atoms with Crippen LogP contribution in [0.2, 0.25) is 0 Å². The zero-order valence-electron chi connectivity index (χ0n) is 32.6. The first-order chi connectivity index (χ1) is 25.8. The van der Waals surface area contributed by atoms with Crippen LogP contribution in [0.25, 0.3) is 0 Å². The van der Waals surface area contributed by atoms with Crippen LogP contribution in [-0.4, -0.2) is 110 Å². The number of rotatable bonds is 12. The van der Waals surface area contributed by atoms with E-state index < -0.39 is 19.0 Å². The first-order valence-corrected chi connectivity index (χ1v) is 18.9. The lowest BCUT2D eigenvalue weighted by atomic mass is 10.1. The Bertz CT molecular complexity index is 1530. The summed E-state index contributed by atoms with van der Waals surface area (Å²) < 4.78 is 79.1. The lowest BCUT2D eigenvalue weighted by Crippen LogP contribution is -2.49. The third-order valence-electron chi connectivity index (χ3n) is 7.51. The number of ketones is 1. The Morgan fingerprint density at radius 2 is 1.58 bits per heavy atom. The summed E-state index contributed by atoms with van der Waals surface area (Å²) in [6.45, 7) is 15.8. The smallest absolute Gasteiger partial charge is 0.493 e. The molecule has 0 aromatic heterocycles. The number of Topliss-reactive ketones (excluding diaryl/α,β-unsaturated/α-hetero) is 1. The first kappa shape index (κ1) is 48.9. The lowest BCUT2D eigenvalue weighted by molar-refractivity contribution is -0.274. The Kier molecular flexibility index (Phi) is 23.0. The monoisotopic (exact) mass is 804 g/mol. The summed E-state index contributed by atoms with van der Waals surface area (Å²) in [5.74, 6) is 1.66. The van der Waals surface area contributed by atoms with Crippen molar-refractivity contribution in [2.75, 3.05) is 58.7 Å². The van der Waals surface area contributed by atoms with Crippen molar-refractivity contribution in [1.29, 1.82) is 0 Å². The van der Waals surface area contributed by atoms with Crippen molar-refractivity contribution in [1.82, 2.24) is 15.1 Å². The molecule has 1 heterocycles. The van der Waals surface area contributed by atoms with Gasteiger partial charge in [0.2, 0.25) is 5.96 Å². The van der Waals surface area contributed by atoms with Gasteiger partial charge in [-0.15, -0.1) is 24.9 Å². The number of unbranched alkanes of at least 4 members (excludes halogenated alkanes) is 1. The minimum Gasteiger partial charge on any atom is -0.493 e. The number of nitrogens with zero attached hydrogens (tertiary/aromatic N) is 5. The number of hydrogen-bond donors (Lipinski definition) is 1. The maximum absolute atomic E-state index is 11.9. The van der Waals surface area contributed by atoms with Crippen molar-refractivity contribution in [3.8, 4) is 11.5 Å². The molecule has 2 aromatic carbocycles. The van der Waals surface area contributed by atoms with E-state index in [0.717, 1.165) is 68.2 Å². The molecule has 1 aliphatic heterocycles. The van der Waals surface area contributed by atoms with Gasteiger partial charge in [0.25, 0.3) is 0 Å². The first-order valence-electron chi connectivity index (χ1n) is 17.9. The van der Waals surface area contributed by atoms with Crippen molar-refractivity contribution in [2.45, 2.75) is 79.8 Å². The Morgan fingerprint density at radius 1 is 0.945 bits per heavy atom. The van der Waals surface area contributed by atoms with Gasteiger partial charge in [-0.3, -0.25) is 14.7 Å². The fourth-order valence-electron chi connectivity index (χ4n) is 4.53. The zero-order valence-corrected chi connectivity index (χ0v) is 33.5. The van der Waals surface area contributed by atoms with Gasteiger partial charge in [-0.25, -0.2) is 9.79 Å². The number of urea groups is 1. The van der Waals surface area contributed by atoms with Crippen molar-refractivity contribution < 1.29 is 45.4 Å². The van der Waals surface area contributed by atoms with Crippen LogP contribution in [0, 0.1) is 20.8 Å². The van der Waals surface area contributed by atoms with E-state index in [1.54, 1.807) is 39.1 Å². The molecule has 0 aliphatic carbocycles. The Balaban J connectivity index is 0.000000465. The molecule has 0 spiro atoms. The standard InChI is InChI=1S/C19H34N6O2S.C11H13F3O.C8H7F3O/c1-5-7-8-21-18(20-4)25-13-11-24(12-14-25)10-9-22-19(27)23-16(3)28-15-17(26)6-2;1-8-3-4-10(9(2)7-8)15-6-5-11(12,13)14;1-6-2-4-7(5-3-6)12-8(9,10)11/h8H,5-7,9-15H2,1-4H3,(H,22,27);3-4,7H,5-6H2,1-2H3;2-5H,1H3/b20-18?,21-8-,23-16-;;. The minimum atomic E-state index is -4.60. The number of ether oxygens (including phenoxy) is 2. The van der Waals surface area contributed by atoms with Gasteiger partial charge in [0.1, 0.15) is 17.3 Å². The van der Waals surface area contributed by atoms with Gasteiger partial charge in [0.05, 0.1) is 23.8 Å². The predicted molar refractivity (Wildman–Crippen MR) is 209 cm³/mol. The van der Waals surface area contributed by atoms with E-state index in [2.05, 4.69) is 41.8 Å². The number of thioether (sulfide) groups is 1. The number of piperazine rings is 1. The van der Waals surface area contributed by atoms with Crippen LogP contribution < -0.4 is 14.8 Å². The molecule has 0 unspecified atom stereocenters. The molecule has 2 aromatic rings. The molecule has 17 heteroatoms. The summed E-state index contributed by atoms with van der Waals surface area (Å²) in [7, 11) is 1.78. The van der Waals surface area contributed by atoms with Crippen molar-refractivity contribution >= 4 is 40.8 Å². The second-order valence-corrected chi connectivity index (χ2v) is 13.5. The van der Waals surface area contributed by atoms with E-state index in [0.29, 0.717) is 29.5 Å². The molecule has 10 nitrogen and oxygen atoms in total. The molecular formula is C38H54F6N6O4S. The van der Waals surface area contributed by atoms with Crippen LogP contribution >= 0.6 is 11.8 Å². The highest BCUT2D eigenvalue weighted by Crippen LogP contribution is 2.23. The van der Waals surface area contributed by atoms with E-state index in [1.807, 2.05) is 39.1 Å². The van der Waals surface area contributed by atoms with E-state index in [4.69, 9.17) is 4.74 Å². The molecule has 1 N–H and O–H groups in total. The number of nitrogens with one attached hydrogen (secondary N) is 1. The average Bonchev–Trinajstić information content (AvgIpc) is 3.11. The summed E-state index contributed by atoms with van der Waals surface area (Å²) in [5, 5.41) is 3.43. The number of benzene rings is 2. The number of guanidine groups is 1. The maximum Gasteiger partial charge on any atom is 0.573 e. The molecule has 1 saturated heterocycles. The number of carbonyl (C=O) groups excluding carboxylic acids is 2. The molecule has 1 fully saturated rings. The second kappa shape index (κ2) is 25.9. The highest BCUT2D eigenvalue weighted by Gasteiger charge is 2.31.